The summed E-state index contributed by atoms with van der Waals surface area (Å²) in [4.78, 5) is 2.25. The van der Waals surface area contributed by atoms with Crippen LogP contribution < -0.4 is 9.64 Å². The zero-order valence-corrected chi connectivity index (χ0v) is 11.2. The molecule has 0 amide bonds. The van der Waals surface area contributed by atoms with Gasteiger partial charge in [-0.05, 0) is 25.5 Å². The van der Waals surface area contributed by atoms with Gasteiger partial charge >= 0.3 is 0 Å². The number of rotatable bonds is 4. The van der Waals surface area contributed by atoms with E-state index in [1.807, 2.05) is 18.2 Å². The molecule has 18 heavy (non-hydrogen) atoms. The molecular weight excluding hydrogens is 230 g/mol. The number of aliphatic hydroxyl groups is 1. The lowest BCUT2D eigenvalue weighted by Crippen LogP contribution is -2.23. The molecule has 0 saturated carbocycles. The number of anilines is 1. The zero-order valence-electron chi connectivity index (χ0n) is 11.2. The Morgan fingerprint density at radius 3 is 2.72 bits per heavy atom. The third kappa shape index (κ3) is 2.44. The standard InChI is InChI=1S/C14H21NO3/c1-10(16)14-12(5-4-6-13(14)18-3)15-8-7-11(9-15)17-2/h4-6,10-11,16H,7-9H2,1-3H3/t10-,11?/m0/s1. The Labute approximate surface area is 108 Å². The summed E-state index contributed by atoms with van der Waals surface area (Å²) in [6.45, 7) is 3.58. The summed E-state index contributed by atoms with van der Waals surface area (Å²) in [5.41, 5.74) is 1.90. The third-order valence-corrected chi connectivity index (χ3v) is 3.50. The summed E-state index contributed by atoms with van der Waals surface area (Å²) in [5, 5.41) is 9.96. The molecule has 1 aromatic rings. The van der Waals surface area contributed by atoms with E-state index in [1.54, 1.807) is 21.1 Å². The molecule has 0 bridgehead atoms. The van der Waals surface area contributed by atoms with Crippen LogP contribution in [0.5, 0.6) is 5.75 Å². The molecular formula is C14H21NO3. The summed E-state index contributed by atoms with van der Waals surface area (Å²) in [7, 11) is 3.38. The van der Waals surface area contributed by atoms with Gasteiger partial charge in [0.2, 0.25) is 0 Å². The summed E-state index contributed by atoms with van der Waals surface area (Å²) < 4.78 is 10.7. The zero-order chi connectivity index (χ0) is 13.1. The molecule has 1 N–H and O–H groups in total. The van der Waals surface area contributed by atoms with Crippen molar-refractivity contribution in [3.05, 3.63) is 23.8 Å². The number of aliphatic hydroxyl groups excluding tert-OH is 1. The maximum atomic E-state index is 9.96. The first-order chi connectivity index (χ1) is 8.67. The summed E-state index contributed by atoms with van der Waals surface area (Å²) in [6.07, 6.45) is 0.753. The number of nitrogens with zero attached hydrogens (tertiary/aromatic N) is 1. The van der Waals surface area contributed by atoms with Gasteiger partial charge in [-0.2, -0.15) is 0 Å². The average molecular weight is 251 g/mol. The first-order valence-corrected chi connectivity index (χ1v) is 6.30. The van der Waals surface area contributed by atoms with E-state index in [1.165, 1.54) is 0 Å². The Balaban J connectivity index is 2.32. The summed E-state index contributed by atoms with van der Waals surface area (Å²) in [6, 6.07) is 5.87. The molecule has 0 spiro atoms. The largest absolute Gasteiger partial charge is 0.496 e. The van der Waals surface area contributed by atoms with Crippen LogP contribution in [0.3, 0.4) is 0 Å². The number of hydrogen-bond donors (Lipinski definition) is 1. The van der Waals surface area contributed by atoms with Crippen molar-refractivity contribution >= 4 is 5.69 Å². The van der Waals surface area contributed by atoms with Crippen molar-refractivity contribution in [2.75, 3.05) is 32.2 Å². The molecule has 1 aliphatic rings. The second-order valence-corrected chi connectivity index (χ2v) is 4.66. The van der Waals surface area contributed by atoms with Crippen molar-refractivity contribution in [1.29, 1.82) is 0 Å². The van der Waals surface area contributed by atoms with Gasteiger partial charge < -0.3 is 19.5 Å². The number of ether oxygens (including phenoxy) is 2. The average Bonchev–Trinajstić information content (AvgIpc) is 2.86. The predicted molar refractivity (Wildman–Crippen MR) is 71.3 cm³/mol. The van der Waals surface area contributed by atoms with Crippen molar-refractivity contribution in [1.82, 2.24) is 0 Å². The summed E-state index contributed by atoms with van der Waals surface area (Å²) >= 11 is 0. The molecule has 1 saturated heterocycles. The fourth-order valence-electron chi connectivity index (χ4n) is 2.55. The SMILES string of the molecule is COc1cccc(N2CCC(OC)C2)c1[C@H](C)O. The van der Waals surface area contributed by atoms with Gasteiger partial charge in [0.15, 0.2) is 0 Å². The van der Waals surface area contributed by atoms with Crippen LogP contribution in [-0.2, 0) is 4.74 Å². The van der Waals surface area contributed by atoms with Crippen LogP contribution in [0.4, 0.5) is 5.69 Å². The highest BCUT2D eigenvalue weighted by molar-refractivity contribution is 5.61. The normalized spacial score (nSPS) is 21.1. The van der Waals surface area contributed by atoms with Crippen molar-refractivity contribution in [2.24, 2.45) is 0 Å². The lowest BCUT2D eigenvalue weighted by Gasteiger charge is -2.24. The van der Waals surface area contributed by atoms with Crippen molar-refractivity contribution in [2.45, 2.75) is 25.6 Å². The smallest absolute Gasteiger partial charge is 0.126 e. The van der Waals surface area contributed by atoms with Gasteiger partial charge in [0.1, 0.15) is 5.75 Å². The maximum absolute atomic E-state index is 9.96. The lowest BCUT2D eigenvalue weighted by atomic mass is 10.1. The fraction of sp³-hybridized carbons (Fsp3) is 0.571. The third-order valence-electron chi connectivity index (χ3n) is 3.50. The topological polar surface area (TPSA) is 41.9 Å². The van der Waals surface area contributed by atoms with Gasteiger partial charge in [-0.15, -0.1) is 0 Å². The predicted octanol–water partition coefficient (Wildman–Crippen LogP) is 1.97. The molecule has 1 fully saturated rings. The van der Waals surface area contributed by atoms with Crippen LogP contribution in [0.25, 0.3) is 0 Å². The molecule has 2 atom stereocenters. The molecule has 1 aromatic carbocycles. The van der Waals surface area contributed by atoms with E-state index in [0.29, 0.717) is 0 Å². The van der Waals surface area contributed by atoms with Crippen LogP contribution in [0.15, 0.2) is 18.2 Å². The van der Waals surface area contributed by atoms with E-state index < -0.39 is 6.10 Å². The molecule has 4 heteroatoms. The van der Waals surface area contributed by atoms with Crippen LogP contribution in [-0.4, -0.2) is 38.5 Å². The molecule has 4 nitrogen and oxygen atoms in total. The molecule has 2 rings (SSSR count). The van der Waals surface area contributed by atoms with Crippen LogP contribution in [0, 0.1) is 0 Å². The monoisotopic (exact) mass is 251 g/mol. The minimum Gasteiger partial charge on any atom is -0.496 e. The number of hydrogen-bond acceptors (Lipinski definition) is 4. The summed E-state index contributed by atoms with van der Waals surface area (Å²) in [5.74, 6) is 0.739. The maximum Gasteiger partial charge on any atom is 0.126 e. The quantitative estimate of drug-likeness (QED) is 0.888. The van der Waals surface area contributed by atoms with Gasteiger partial charge in [0.05, 0.1) is 19.3 Å². The Morgan fingerprint density at radius 1 is 1.39 bits per heavy atom. The first-order valence-electron chi connectivity index (χ1n) is 6.30. The van der Waals surface area contributed by atoms with Crippen LogP contribution in [0.2, 0.25) is 0 Å². The van der Waals surface area contributed by atoms with Crippen molar-refractivity contribution in [3.8, 4) is 5.75 Å². The Morgan fingerprint density at radius 2 is 2.17 bits per heavy atom. The Kier molecular flexibility index (Phi) is 4.09. The van der Waals surface area contributed by atoms with Gasteiger partial charge in [-0.3, -0.25) is 0 Å². The molecule has 0 radical (unpaired) electrons. The van der Waals surface area contributed by atoms with Crippen molar-refractivity contribution in [3.63, 3.8) is 0 Å². The van der Waals surface area contributed by atoms with E-state index in [2.05, 4.69) is 4.90 Å². The highest BCUT2D eigenvalue weighted by Gasteiger charge is 2.26. The molecule has 1 unspecified atom stereocenters. The highest BCUT2D eigenvalue weighted by atomic mass is 16.5. The van der Waals surface area contributed by atoms with Gasteiger partial charge in [-0.25, -0.2) is 0 Å². The second kappa shape index (κ2) is 5.59. The van der Waals surface area contributed by atoms with Crippen molar-refractivity contribution < 1.29 is 14.6 Å². The molecule has 1 heterocycles. The van der Waals surface area contributed by atoms with E-state index >= 15 is 0 Å². The van der Waals surface area contributed by atoms with Gasteiger partial charge in [-0.1, -0.05) is 6.07 Å². The van der Waals surface area contributed by atoms with E-state index in [4.69, 9.17) is 9.47 Å². The first kappa shape index (κ1) is 13.2. The second-order valence-electron chi connectivity index (χ2n) is 4.66. The Hall–Kier alpha value is -1.26. The molecule has 100 valence electrons. The van der Waals surface area contributed by atoms with Gasteiger partial charge in [0, 0.05) is 31.5 Å². The van der Waals surface area contributed by atoms with Gasteiger partial charge in [0.25, 0.3) is 0 Å². The van der Waals surface area contributed by atoms with E-state index in [9.17, 15) is 5.11 Å². The highest BCUT2D eigenvalue weighted by Crippen LogP contribution is 2.36. The van der Waals surface area contributed by atoms with Crippen LogP contribution >= 0.6 is 0 Å². The molecule has 0 aromatic heterocycles. The minimum atomic E-state index is -0.544. The van der Waals surface area contributed by atoms with Crippen LogP contribution in [0.1, 0.15) is 25.0 Å². The molecule has 0 aliphatic carbocycles. The number of benzene rings is 1. The fourth-order valence-corrected chi connectivity index (χ4v) is 2.55. The Bertz CT molecular complexity index is 406. The minimum absolute atomic E-state index is 0.276. The van der Waals surface area contributed by atoms with E-state index in [-0.39, 0.29) is 6.10 Å². The lowest BCUT2D eigenvalue weighted by molar-refractivity contribution is 0.121. The molecule has 1 aliphatic heterocycles. The van der Waals surface area contributed by atoms with E-state index in [0.717, 1.165) is 36.5 Å². The number of methoxy groups -OCH3 is 2.